The highest BCUT2D eigenvalue weighted by molar-refractivity contribution is 6.36. The fourth-order valence-electron chi connectivity index (χ4n) is 1.75. The Morgan fingerprint density at radius 1 is 1.43 bits per heavy atom. The first kappa shape index (κ1) is 9.56. The van der Waals surface area contributed by atoms with Crippen LogP contribution in [0.25, 0.3) is 10.9 Å². The molecule has 0 aliphatic heterocycles. The van der Waals surface area contributed by atoms with Crippen molar-refractivity contribution in [2.45, 2.75) is 19.9 Å². The van der Waals surface area contributed by atoms with Gasteiger partial charge < -0.3 is 10.7 Å². The van der Waals surface area contributed by atoms with Crippen molar-refractivity contribution < 1.29 is 0 Å². The largest absolute Gasteiger partial charge is 0.357 e. The van der Waals surface area contributed by atoms with Gasteiger partial charge in [-0.3, -0.25) is 0 Å². The van der Waals surface area contributed by atoms with Gasteiger partial charge in [0.25, 0.3) is 0 Å². The molecule has 2 nitrogen and oxygen atoms in total. The number of halogens is 1. The molecule has 0 atom stereocenters. The average Bonchev–Trinajstić information content (AvgIpc) is 2.55. The van der Waals surface area contributed by atoms with Crippen LogP contribution in [0, 0.1) is 0 Å². The second kappa shape index (κ2) is 3.64. The maximum Gasteiger partial charge on any atom is 0.0695 e. The van der Waals surface area contributed by atoms with Gasteiger partial charge >= 0.3 is 0 Å². The molecule has 0 fully saturated rings. The first-order valence-corrected chi connectivity index (χ1v) is 5.13. The number of rotatable bonds is 2. The maximum atomic E-state index is 6.25. The number of hydrogen-bond acceptors (Lipinski definition) is 1. The minimum atomic E-state index is 0.526. The standard InChI is InChI=1S/C11H13ClN2/c1-2-8-11(12)10-7(6-13)4-3-5-9(10)14-8/h3-5,14H,2,6,13H2,1H3. The highest BCUT2D eigenvalue weighted by Gasteiger charge is 2.10. The first-order chi connectivity index (χ1) is 6.77. The van der Waals surface area contributed by atoms with Crippen LogP contribution in [0.2, 0.25) is 5.02 Å². The molecule has 3 heteroatoms. The summed E-state index contributed by atoms with van der Waals surface area (Å²) < 4.78 is 0. The van der Waals surface area contributed by atoms with Gasteiger partial charge in [0.15, 0.2) is 0 Å². The molecule has 0 amide bonds. The lowest BCUT2D eigenvalue weighted by Gasteiger charge is -1.99. The predicted octanol–water partition coefficient (Wildman–Crippen LogP) is 2.84. The van der Waals surface area contributed by atoms with Crippen LogP contribution >= 0.6 is 11.6 Å². The molecule has 1 heterocycles. The third-order valence-corrected chi connectivity index (χ3v) is 2.91. The van der Waals surface area contributed by atoms with Gasteiger partial charge in [-0.15, -0.1) is 0 Å². The van der Waals surface area contributed by atoms with Crippen molar-refractivity contribution in [2.75, 3.05) is 0 Å². The summed E-state index contributed by atoms with van der Waals surface area (Å²) in [7, 11) is 0. The Kier molecular flexibility index (Phi) is 2.48. The number of nitrogens with two attached hydrogens (primary N) is 1. The van der Waals surface area contributed by atoms with E-state index in [0.29, 0.717) is 6.54 Å². The Bertz CT molecular complexity index is 460. The van der Waals surface area contributed by atoms with Gasteiger partial charge in [-0.2, -0.15) is 0 Å². The molecule has 1 aromatic carbocycles. The Labute approximate surface area is 88.1 Å². The van der Waals surface area contributed by atoms with E-state index in [0.717, 1.165) is 33.6 Å². The second-order valence-electron chi connectivity index (χ2n) is 3.31. The van der Waals surface area contributed by atoms with E-state index in [1.54, 1.807) is 0 Å². The molecular weight excluding hydrogens is 196 g/mol. The number of H-pyrrole nitrogens is 1. The fourth-order valence-corrected chi connectivity index (χ4v) is 2.15. The number of hydrogen-bond donors (Lipinski definition) is 2. The molecule has 14 heavy (non-hydrogen) atoms. The summed E-state index contributed by atoms with van der Waals surface area (Å²) in [5, 5.41) is 1.90. The zero-order valence-electron chi connectivity index (χ0n) is 8.10. The number of fused-ring (bicyclic) bond motifs is 1. The molecule has 1 aromatic heterocycles. The summed E-state index contributed by atoms with van der Waals surface area (Å²) in [6, 6.07) is 6.04. The summed E-state index contributed by atoms with van der Waals surface area (Å²) in [5.41, 5.74) is 8.93. The minimum absolute atomic E-state index is 0.526. The van der Waals surface area contributed by atoms with Crippen LogP contribution in [0.1, 0.15) is 18.2 Å². The molecule has 74 valence electrons. The number of aromatic nitrogens is 1. The van der Waals surface area contributed by atoms with E-state index in [2.05, 4.69) is 11.9 Å². The molecule has 0 bridgehead atoms. The Hall–Kier alpha value is -0.990. The molecule has 0 aliphatic rings. The molecule has 0 saturated heterocycles. The average molecular weight is 209 g/mol. The van der Waals surface area contributed by atoms with E-state index in [-0.39, 0.29) is 0 Å². The van der Waals surface area contributed by atoms with Gasteiger partial charge in [0.05, 0.1) is 5.02 Å². The Balaban J connectivity index is 2.79. The van der Waals surface area contributed by atoms with Crippen LogP contribution in [0.4, 0.5) is 0 Å². The van der Waals surface area contributed by atoms with E-state index in [1.807, 2.05) is 18.2 Å². The zero-order valence-corrected chi connectivity index (χ0v) is 8.86. The van der Waals surface area contributed by atoms with Gasteiger partial charge in [0, 0.05) is 23.1 Å². The van der Waals surface area contributed by atoms with Crippen LogP contribution < -0.4 is 5.73 Å². The van der Waals surface area contributed by atoms with Gasteiger partial charge in [-0.25, -0.2) is 0 Å². The predicted molar refractivity (Wildman–Crippen MR) is 60.6 cm³/mol. The molecule has 0 saturated carbocycles. The Morgan fingerprint density at radius 3 is 2.86 bits per heavy atom. The van der Waals surface area contributed by atoms with Crippen LogP contribution in [0.5, 0.6) is 0 Å². The lowest BCUT2D eigenvalue weighted by atomic mass is 10.1. The van der Waals surface area contributed by atoms with Crippen molar-refractivity contribution in [1.82, 2.24) is 4.98 Å². The van der Waals surface area contributed by atoms with Crippen LogP contribution in [0.3, 0.4) is 0 Å². The smallest absolute Gasteiger partial charge is 0.0695 e. The van der Waals surface area contributed by atoms with Crippen molar-refractivity contribution in [1.29, 1.82) is 0 Å². The van der Waals surface area contributed by atoms with Crippen molar-refractivity contribution in [3.63, 3.8) is 0 Å². The maximum absolute atomic E-state index is 6.25. The summed E-state index contributed by atoms with van der Waals surface area (Å²) in [5.74, 6) is 0. The van der Waals surface area contributed by atoms with E-state index < -0.39 is 0 Å². The van der Waals surface area contributed by atoms with Crippen LogP contribution in [-0.2, 0) is 13.0 Å². The SMILES string of the molecule is CCc1[nH]c2cccc(CN)c2c1Cl. The number of aromatic amines is 1. The van der Waals surface area contributed by atoms with Crippen molar-refractivity contribution in [3.05, 3.63) is 34.5 Å². The van der Waals surface area contributed by atoms with Gasteiger partial charge in [-0.05, 0) is 18.1 Å². The lowest BCUT2D eigenvalue weighted by molar-refractivity contribution is 1.07. The fraction of sp³-hybridized carbons (Fsp3) is 0.273. The number of aryl methyl sites for hydroxylation is 1. The minimum Gasteiger partial charge on any atom is -0.357 e. The number of nitrogens with one attached hydrogen (secondary N) is 1. The highest BCUT2D eigenvalue weighted by atomic mass is 35.5. The van der Waals surface area contributed by atoms with Gasteiger partial charge in [0.2, 0.25) is 0 Å². The van der Waals surface area contributed by atoms with E-state index in [4.69, 9.17) is 17.3 Å². The lowest BCUT2D eigenvalue weighted by Crippen LogP contribution is -1.96. The molecule has 2 aromatic rings. The number of benzene rings is 1. The zero-order chi connectivity index (χ0) is 10.1. The molecular formula is C11H13ClN2. The topological polar surface area (TPSA) is 41.8 Å². The van der Waals surface area contributed by atoms with Crippen LogP contribution in [0.15, 0.2) is 18.2 Å². The van der Waals surface area contributed by atoms with Crippen molar-refractivity contribution >= 4 is 22.5 Å². The molecule has 0 aliphatic carbocycles. The third kappa shape index (κ3) is 1.31. The molecule has 0 spiro atoms. The van der Waals surface area contributed by atoms with Gasteiger partial charge in [-0.1, -0.05) is 30.7 Å². The molecule has 0 radical (unpaired) electrons. The highest BCUT2D eigenvalue weighted by Crippen LogP contribution is 2.30. The molecule has 0 unspecified atom stereocenters. The summed E-state index contributed by atoms with van der Waals surface area (Å²) in [4.78, 5) is 3.30. The molecule has 3 N–H and O–H groups in total. The van der Waals surface area contributed by atoms with Crippen molar-refractivity contribution in [2.24, 2.45) is 5.73 Å². The summed E-state index contributed by atoms with van der Waals surface area (Å²) in [6.07, 6.45) is 0.914. The molecule has 2 rings (SSSR count). The summed E-state index contributed by atoms with van der Waals surface area (Å²) >= 11 is 6.25. The summed E-state index contributed by atoms with van der Waals surface area (Å²) in [6.45, 7) is 2.61. The third-order valence-electron chi connectivity index (χ3n) is 2.49. The van der Waals surface area contributed by atoms with E-state index in [9.17, 15) is 0 Å². The van der Waals surface area contributed by atoms with Crippen LogP contribution in [-0.4, -0.2) is 4.98 Å². The van der Waals surface area contributed by atoms with E-state index in [1.165, 1.54) is 0 Å². The van der Waals surface area contributed by atoms with Gasteiger partial charge in [0.1, 0.15) is 0 Å². The monoisotopic (exact) mass is 208 g/mol. The van der Waals surface area contributed by atoms with Crippen molar-refractivity contribution in [3.8, 4) is 0 Å². The van der Waals surface area contributed by atoms with E-state index >= 15 is 0 Å². The Morgan fingerprint density at radius 2 is 2.21 bits per heavy atom. The quantitative estimate of drug-likeness (QED) is 0.783. The normalized spacial score (nSPS) is 11.1. The second-order valence-corrected chi connectivity index (χ2v) is 3.69. The first-order valence-electron chi connectivity index (χ1n) is 4.76.